The lowest BCUT2D eigenvalue weighted by Gasteiger charge is -2.26. The van der Waals surface area contributed by atoms with Crippen molar-refractivity contribution >= 4 is 17.7 Å². The fourth-order valence-electron chi connectivity index (χ4n) is 1.92. The molecule has 2 amide bonds. The Morgan fingerprint density at radius 3 is 2.43 bits per heavy atom. The molecule has 1 aromatic carbocycles. The fourth-order valence-corrected chi connectivity index (χ4v) is 1.92. The zero-order chi connectivity index (χ0) is 15.2. The first-order valence-corrected chi connectivity index (χ1v) is 6.40. The Hall–Kier alpha value is -2.76. The van der Waals surface area contributed by atoms with E-state index in [4.69, 9.17) is 9.52 Å². The van der Waals surface area contributed by atoms with E-state index in [9.17, 15) is 9.59 Å². The van der Waals surface area contributed by atoms with Gasteiger partial charge in [-0.2, -0.15) is 0 Å². The van der Waals surface area contributed by atoms with Gasteiger partial charge >= 0.3 is 12.0 Å². The van der Waals surface area contributed by atoms with Gasteiger partial charge in [-0.15, -0.1) is 0 Å². The predicted octanol–water partition coefficient (Wildman–Crippen LogP) is 2.42. The first kappa shape index (κ1) is 14.6. The molecule has 0 radical (unpaired) electrons. The van der Waals surface area contributed by atoms with Crippen LogP contribution in [-0.4, -0.2) is 35.6 Å². The van der Waals surface area contributed by atoms with E-state index in [0.29, 0.717) is 11.4 Å². The number of urea groups is 1. The topological polar surface area (TPSA) is 74.0 Å². The Morgan fingerprint density at radius 1 is 1.14 bits per heavy atom. The number of amides is 2. The first-order chi connectivity index (χ1) is 10.1. The standard InChI is InChI=1S/C15H16N2O4/c1-16(10-13-8-5-9-21-13)15(20)17(11-14(18)19)12-6-3-2-4-7-12/h2-9H,10-11H2,1H3,(H,18,19). The summed E-state index contributed by atoms with van der Waals surface area (Å²) in [5, 5.41) is 9.00. The third-order valence-corrected chi connectivity index (χ3v) is 2.89. The van der Waals surface area contributed by atoms with E-state index >= 15 is 0 Å². The molecule has 0 unspecified atom stereocenters. The number of carboxylic acid groups (broad SMARTS) is 1. The highest BCUT2D eigenvalue weighted by atomic mass is 16.4. The number of carbonyl (C=O) groups excluding carboxylic acids is 1. The first-order valence-electron chi connectivity index (χ1n) is 6.40. The van der Waals surface area contributed by atoms with Gasteiger partial charge in [-0.25, -0.2) is 4.79 Å². The molecule has 1 N–H and O–H groups in total. The smallest absolute Gasteiger partial charge is 0.325 e. The molecule has 0 saturated heterocycles. The van der Waals surface area contributed by atoms with Gasteiger partial charge in [0.2, 0.25) is 0 Å². The number of anilines is 1. The van der Waals surface area contributed by atoms with Gasteiger partial charge in [0.25, 0.3) is 0 Å². The lowest BCUT2D eigenvalue weighted by molar-refractivity contribution is -0.135. The van der Waals surface area contributed by atoms with Crippen molar-refractivity contribution in [2.24, 2.45) is 0 Å². The summed E-state index contributed by atoms with van der Waals surface area (Å²) in [5.74, 6) is -0.437. The molecule has 0 fully saturated rings. The number of furan rings is 1. The van der Waals surface area contributed by atoms with Crippen molar-refractivity contribution in [3.63, 3.8) is 0 Å². The Morgan fingerprint density at radius 2 is 1.86 bits per heavy atom. The Labute approximate surface area is 122 Å². The maximum Gasteiger partial charge on any atom is 0.325 e. The van der Waals surface area contributed by atoms with Gasteiger partial charge in [0.15, 0.2) is 0 Å². The minimum atomic E-state index is -1.07. The van der Waals surface area contributed by atoms with Crippen LogP contribution in [0.5, 0.6) is 0 Å². The molecule has 1 heterocycles. The van der Waals surface area contributed by atoms with Crippen LogP contribution in [0.1, 0.15) is 5.76 Å². The molecule has 0 bridgehead atoms. The van der Waals surface area contributed by atoms with Gasteiger partial charge in [-0.05, 0) is 24.3 Å². The van der Waals surface area contributed by atoms with Crippen LogP contribution < -0.4 is 4.90 Å². The Balaban J connectivity index is 2.16. The van der Waals surface area contributed by atoms with Crippen LogP contribution in [0.2, 0.25) is 0 Å². The molecule has 0 aliphatic rings. The highest BCUT2D eigenvalue weighted by molar-refractivity contribution is 5.96. The molecule has 110 valence electrons. The summed E-state index contributed by atoms with van der Waals surface area (Å²) < 4.78 is 5.19. The van der Waals surface area contributed by atoms with Crippen LogP contribution in [-0.2, 0) is 11.3 Å². The number of carboxylic acids is 1. The van der Waals surface area contributed by atoms with Crippen molar-refractivity contribution in [1.82, 2.24) is 4.90 Å². The number of hydrogen-bond acceptors (Lipinski definition) is 3. The molecular formula is C15H16N2O4. The van der Waals surface area contributed by atoms with Gasteiger partial charge < -0.3 is 14.4 Å². The van der Waals surface area contributed by atoms with Crippen molar-refractivity contribution in [2.45, 2.75) is 6.54 Å². The summed E-state index contributed by atoms with van der Waals surface area (Å²) in [6, 6.07) is 11.8. The number of benzene rings is 1. The van der Waals surface area contributed by atoms with Crippen molar-refractivity contribution < 1.29 is 19.1 Å². The number of aliphatic carboxylic acids is 1. The normalized spacial score (nSPS) is 10.1. The summed E-state index contributed by atoms with van der Waals surface area (Å²) in [4.78, 5) is 26.1. The molecule has 0 atom stereocenters. The molecule has 2 rings (SSSR count). The van der Waals surface area contributed by atoms with Gasteiger partial charge in [-0.3, -0.25) is 9.69 Å². The summed E-state index contributed by atoms with van der Waals surface area (Å²) in [7, 11) is 1.60. The van der Waals surface area contributed by atoms with E-state index in [1.807, 2.05) is 0 Å². The third kappa shape index (κ3) is 3.85. The fraction of sp³-hybridized carbons (Fsp3) is 0.200. The molecule has 6 heteroatoms. The van der Waals surface area contributed by atoms with Crippen LogP contribution in [0, 0.1) is 0 Å². The van der Waals surface area contributed by atoms with Gasteiger partial charge in [0.1, 0.15) is 12.3 Å². The minimum Gasteiger partial charge on any atom is -0.480 e. The summed E-state index contributed by atoms with van der Waals surface area (Å²) >= 11 is 0. The largest absolute Gasteiger partial charge is 0.480 e. The minimum absolute atomic E-state index is 0.273. The van der Waals surface area contributed by atoms with E-state index in [0.717, 1.165) is 0 Å². The molecule has 21 heavy (non-hydrogen) atoms. The quantitative estimate of drug-likeness (QED) is 0.917. The highest BCUT2D eigenvalue weighted by Crippen LogP contribution is 2.16. The zero-order valence-corrected chi connectivity index (χ0v) is 11.6. The van der Waals surface area contributed by atoms with Crippen molar-refractivity contribution in [1.29, 1.82) is 0 Å². The average Bonchev–Trinajstić information content (AvgIpc) is 2.97. The summed E-state index contributed by atoms with van der Waals surface area (Å²) in [6.45, 7) is -0.125. The highest BCUT2D eigenvalue weighted by Gasteiger charge is 2.22. The molecule has 0 aliphatic carbocycles. The van der Waals surface area contributed by atoms with Crippen molar-refractivity contribution in [2.75, 3.05) is 18.5 Å². The second-order valence-electron chi connectivity index (χ2n) is 4.53. The maximum atomic E-state index is 12.5. The number of carbonyl (C=O) groups is 2. The number of para-hydroxylation sites is 1. The van der Waals surface area contributed by atoms with E-state index in [1.165, 1.54) is 16.1 Å². The third-order valence-electron chi connectivity index (χ3n) is 2.89. The zero-order valence-electron chi connectivity index (χ0n) is 11.6. The summed E-state index contributed by atoms with van der Waals surface area (Å²) in [6.07, 6.45) is 1.53. The lowest BCUT2D eigenvalue weighted by atomic mass is 10.3. The van der Waals surface area contributed by atoms with Gasteiger partial charge in [0.05, 0.1) is 12.8 Å². The Kier molecular flexibility index (Phi) is 4.61. The number of rotatable bonds is 5. The SMILES string of the molecule is CN(Cc1ccco1)C(=O)N(CC(=O)O)c1ccccc1. The average molecular weight is 288 g/mol. The Bertz CT molecular complexity index is 595. The molecule has 0 aliphatic heterocycles. The van der Waals surface area contributed by atoms with E-state index in [-0.39, 0.29) is 6.54 Å². The second kappa shape index (κ2) is 6.60. The van der Waals surface area contributed by atoms with Crippen LogP contribution in [0.3, 0.4) is 0 Å². The number of hydrogen-bond donors (Lipinski definition) is 1. The van der Waals surface area contributed by atoms with Crippen LogP contribution >= 0.6 is 0 Å². The lowest BCUT2D eigenvalue weighted by Crippen LogP contribution is -2.43. The predicted molar refractivity (Wildman–Crippen MR) is 77.0 cm³/mol. The van der Waals surface area contributed by atoms with E-state index in [1.54, 1.807) is 49.5 Å². The molecular weight excluding hydrogens is 272 g/mol. The van der Waals surface area contributed by atoms with Crippen molar-refractivity contribution in [3.8, 4) is 0 Å². The monoisotopic (exact) mass is 288 g/mol. The van der Waals surface area contributed by atoms with Gasteiger partial charge in [0, 0.05) is 12.7 Å². The van der Waals surface area contributed by atoms with Gasteiger partial charge in [-0.1, -0.05) is 18.2 Å². The van der Waals surface area contributed by atoms with Crippen LogP contribution in [0.15, 0.2) is 53.1 Å². The van der Waals surface area contributed by atoms with E-state index in [2.05, 4.69) is 0 Å². The molecule has 6 nitrogen and oxygen atoms in total. The second-order valence-corrected chi connectivity index (χ2v) is 4.53. The molecule has 2 aromatic rings. The van der Waals surface area contributed by atoms with E-state index < -0.39 is 18.5 Å². The maximum absolute atomic E-state index is 12.5. The molecule has 0 spiro atoms. The molecule has 0 saturated carbocycles. The summed E-state index contributed by atoms with van der Waals surface area (Å²) in [5.41, 5.74) is 0.538. The number of nitrogens with zero attached hydrogens (tertiary/aromatic N) is 2. The van der Waals surface area contributed by atoms with Crippen molar-refractivity contribution in [3.05, 3.63) is 54.5 Å². The van der Waals surface area contributed by atoms with Crippen LogP contribution in [0.25, 0.3) is 0 Å². The molecule has 1 aromatic heterocycles. The van der Waals surface area contributed by atoms with Crippen LogP contribution in [0.4, 0.5) is 10.5 Å².